The number of nitrogens with zero attached hydrogens (tertiary/aromatic N) is 2. The van der Waals surface area contributed by atoms with Gasteiger partial charge in [-0.05, 0) is 47.7 Å². The van der Waals surface area contributed by atoms with Gasteiger partial charge in [-0.25, -0.2) is 4.79 Å². The van der Waals surface area contributed by atoms with Crippen molar-refractivity contribution in [2.75, 3.05) is 5.32 Å². The third kappa shape index (κ3) is 4.03. The second-order valence-corrected chi connectivity index (χ2v) is 6.45. The van der Waals surface area contributed by atoms with E-state index in [-0.39, 0.29) is 10.6 Å². The minimum absolute atomic E-state index is 0.0279. The lowest BCUT2D eigenvalue weighted by Crippen LogP contribution is -2.38. The number of imide groups is 1. The van der Waals surface area contributed by atoms with Crippen molar-refractivity contribution < 1.29 is 18.7 Å². The van der Waals surface area contributed by atoms with Crippen LogP contribution < -0.4 is 15.4 Å². The summed E-state index contributed by atoms with van der Waals surface area (Å²) in [7, 11) is 0. The first-order valence-corrected chi connectivity index (χ1v) is 8.24. The Morgan fingerprint density at radius 1 is 1.31 bits per heavy atom. The molecule has 2 rings (SSSR count). The smallest absolute Gasteiger partial charge is 0.326 e. The Labute approximate surface area is 158 Å². The fourth-order valence-corrected chi connectivity index (χ4v) is 2.60. The summed E-state index contributed by atoms with van der Waals surface area (Å²) >= 11 is 11.1. The van der Waals surface area contributed by atoms with E-state index in [1.807, 2.05) is 19.2 Å². The van der Waals surface area contributed by atoms with Crippen LogP contribution in [-0.2, 0) is 0 Å². The second-order valence-electron chi connectivity index (χ2n) is 5.73. The van der Waals surface area contributed by atoms with Gasteiger partial charge in [0.1, 0.15) is 5.56 Å². The molecule has 0 saturated carbocycles. The van der Waals surface area contributed by atoms with Gasteiger partial charge in [0.15, 0.2) is 0 Å². The monoisotopic (exact) mass is 400 g/mol. The number of rotatable bonds is 3. The van der Waals surface area contributed by atoms with Crippen molar-refractivity contribution in [3.63, 3.8) is 0 Å². The fourth-order valence-electron chi connectivity index (χ4n) is 2.19. The molecule has 0 aliphatic carbocycles. The Kier molecular flexibility index (Phi) is 5.99. The molecule has 2 heterocycles. The van der Waals surface area contributed by atoms with Crippen molar-refractivity contribution in [3.05, 3.63) is 56.5 Å². The number of hydrogen-bond donors (Lipinski definition) is 2. The van der Waals surface area contributed by atoms with Crippen LogP contribution >= 0.6 is 23.2 Å². The summed E-state index contributed by atoms with van der Waals surface area (Å²) in [5.74, 6) is -2.16. The van der Waals surface area contributed by atoms with E-state index in [0.717, 1.165) is 5.56 Å². The molecule has 0 fully saturated rings. The van der Waals surface area contributed by atoms with E-state index in [2.05, 4.69) is 10.3 Å². The third-order valence-electron chi connectivity index (χ3n) is 3.49. The Hall–Kier alpha value is -2.45. The molecule has 2 aromatic heterocycles. The molecule has 26 heavy (non-hydrogen) atoms. The van der Waals surface area contributed by atoms with E-state index in [4.69, 9.17) is 23.2 Å². The summed E-state index contributed by atoms with van der Waals surface area (Å²) < 4.78 is 13.4. The van der Waals surface area contributed by atoms with Gasteiger partial charge in [0.2, 0.25) is 5.82 Å². The highest BCUT2D eigenvalue weighted by Gasteiger charge is 2.25. The lowest BCUT2D eigenvalue weighted by molar-refractivity contribution is -0.602. The number of carbonyl (C=O) groups excluding carboxylic acids is 2. The molecule has 0 saturated heterocycles. The summed E-state index contributed by atoms with van der Waals surface area (Å²) in [6.07, 6.45) is 1.61. The van der Waals surface area contributed by atoms with E-state index in [9.17, 15) is 19.2 Å². The number of amides is 3. The van der Waals surface area contributed by atoms with Crippen LogP contribution in [0.1, 0.15) is 41.4 Å². The van der Waals surface area contributed by atoms with Crippen molar-refractivity contribution in [1.82, 2.24) is 10.3 Å². The first kappa shape index (κ1) is 19.9. The van der Waals surface area contributed by atoms with E-state index < -0.39 is 33.6 Å². The van der Waals surface area contributed by atoms with Gasteiger partial charge < -0.3 is 10.5 Å². The molecule has 0 aliphatic rings. The van der Waals surface area contributed by atoms with Gasteiger partial charge in [0, 0.05) is 12.3 Å². The van der Waals surface area contributed by atoms with E-state index in [0.29, 0.717) is 17.4 Å². The molecule has 0 aliphatic heterocycles. The number of urea groups is 1. The number of nitrogens with one attached hydrogen (secondary N) is 2. The zero-order valence-corrected chi connectivity index (χ0v) is 15.6. The predicted octanol–water partition coefficient (Wildman–Crippen LogP) is 3.55. The van der Waals surface area contributed by atoms with Crippen LogP contribution in [0.4, 0.5) is 14.9 Å². The molecule has 138 valence electrons. The molecule has 2 N–H and O–H groups in total. The van der Waals surface area contributed by atoms with Gasteiger partial charge in [0.05, 0.1) is 11.4 Å². The van der Waals surface area contributed by atoms with Gasteiger partial charge in [0.25, 0.3) is 5.91 Å². The first-order valence-electron chi connectivity index (χ1n) is 7.48. The highest BCUT2D eigenvalue weighted by Crippen LogP contribution is 2.25. The summed E-state index contributed by atoms with van der Waals surface area (Å²) in [6.45, 7) is 5.58. The maximum atomic E-state index is 13.6. The van der Waals surface area contributed by atoms with E-state index in [1.54, 1.807) is 19.2 Å². The number of aryl methyl sites for hydroxylation is 1. The highest BCUT2D eigenvalue weighted by molar-refractivity contribution is 6.33. The number of aromatic nitrogens is 2. The van der Waals surface area contributed by atoms with Crippen molar-refractivity contribution in [1.29, 1.82) is 0 Å². The van der Waals surface area contributed by atoms with Gasteiger partial charge in [-0.2, -0.15) is 4.39 Å². The first-order chi connectivity index (χ1) is 12.1. The molecule has 10 heteroatoms. The van der Waals surface area contributed by atoms with Crippen molar-refractivity contribution in [2.45, 2.75) is 26.7 Å². The molecule has 3 amide bonds. The minimum atomic E-state index is -1.14. The zero-order chi connectivity index (χ0) is 19.6. The molecule has 2 aromatic rings. The maximum absolute atomic E-state index is 13.6. The molecular formula is C16H15Cl2FN4O3. The summed E-state index contributed by atoms with van der Waals surface area (Å²) in [4.78, 5) is 28.5. The quantitative estimate of drug-likeness (QED) is 0.467. The molecule has 0 atom stereocenters. The van der Waals surface area contributed by atoms with Crippen molar-refractivity contribution in [2.24, 2.45) is 0 Å². The zero-order valence-electron chi connectivity index (χ0n) is 14.1. The average Bonchev–Trinajstić information content (AvgIpc) is 2.57. The topological polar surface area (TPSA) is 98.0 Å². The van der Waals surface area contributed by atoms with Crippen LogP contribution in [0.2, 0.25) is 10.3 Å². The third-order valence-corrected chi connectivity index (χ3v) is 4.18. The van der Waals surface area contributed by atoms with E-state index >= 15 is 0 Å². The Balaban J connectivity index is 2.23. The Morgan fingerprint density at radius 2 is 1.96 bits per heavy atom. The molecular weight excluding hydrogens is 386 g/mol. The van der Waals surface area contributed by atoms with Crippen molar-refractivity contribution in [3.8, 4) is 0 Å². The van der Waals surface area contributed by atoms with Crippen LogP contribution in [0.3, 0.4) is 0 Å². The molecule has 0 spiro atoms. The molecule has 0 unspecified atom stereocenters. The average molecular weight is 401 g/mol. The normalized spacial score (nSPS) is 10.7. The van der Waals surface area contributed by atoms with Gasteiger partial charge in [-0.1, -0.05) is 13.8 Å². The summed E-state index contributed by atoms with van der Waals surface area (Å²) in [6, 6.07) is 1.50. The standard InChI is InChI=1S/C16H15Cl2FN4O3/c1-7(2)11-12(8(3)4-5-20-11)21-16(25)22-15(24)9-6-10(19)14(18)23(26)13(9)17/h4-7H,1-3H3,(H2,21,22,24,25). The lowest BCUT2D eigenvalue weighted by Gasteiger charge is -2.15. The highest BCUT2D eigenvalue weighted by atomic mass is 35.5. The van der Waals surface area contributed by atoms with E-state index in [1.165, 1.54) is 0 Å². The number of halogens is 3. The number of anilines is 1. The van der Waals surface area contributed by atoms with Crippen LogP contribution in [0.5, 0.6) is 0 Å². The summed E-state index contributed by atoms with van der Waals surface area (Å²) in [5, 5.41) is 14.7. The SMILES string of the molecule is Cc1ccnc(C(C)C)c1NC(=O)NC(=O)c1cc(F)c(Cl)[n+]([O-])c1Cl. The van der Waals surface area contributed by atoms with Crippen molar-refractivity contribution >= 4 is 40.8 Å². The Morgan fingerprint density at radius 3 is 2.58 bits per heavy atom. The van der Waals surface area contributed by atoms with Gasteiger partial charge in [-0.15, -0.1) is 4.73 Å². The predicted molar refractivity (Wildman–Crippen MR) is 94.9 cm³/mol. The number of carbonyl (C=O) groups is 2. The van der Waals surface area contributed by atoms with Crippen LogP contribution in [0.15, 0.2) is 18.3 Å². The van der Waals surface area contributed by atoms with Crippen LogP contribution in [0.25, 0.3) is 0 Å². The summed E-state index contributed by atoms with van der Waals surface area (Å²) in [5.41, 5.74) is 1.32. The molecule has 7 nitrogen and oxygen atoms in total. The molecule has 0 bridgehead atoms. The van der Waals surface area contributed by atoms with Crippen LogP contribution in [-0.4, -0.2) is 16.9 Å². The fraction of sp³-hybridized carbons (Fsp3) is 0.250. The van der Waals surface area contributed by atoms with Gasteiger partial charge in [-0.3, -0.25) is 15.1 Å². The number of pyridine rings is 2. The molecule has 0 aromatic carbocycles. The minimum Gasteiger partial charge on any atom is -0.616 e. The number of hydrogen-bond acceptors (Lipinski definition) is 4. The second kappa shape index (κ2) is 7.84. The molecule has 0 radical (unpaired) electrons. The Bertz CT molecular complexity index is 890. The maximum Gasteiger partial charge on any atom is 0.326 e. The lowest BCUT2D eigenvalue weighted by atomic mass is 10.1. The van der Waals surface area contributed by atoms with Gasteiger partial charge >= 0.3 is 16.3 Å². The van der Waals surface area contributed by atoms with Crippen LogP contribution in [0, 0.1) is 17.9 Å². The largest absolute Gasteiger partial charge is 0.616 e.